The second-order valence-electron chi connectivity index (χ2n) is 7.46. The minimum absolute atomic E-state index is 0.00210. The first-order chi connectivity index (χ1) is 14.2. The maximum absolute atomic E-state index is 12.9. The molecule has 168 valence electrons. The molecule has 1 unspecified atom stereocenters. The topological polar surface area (TPSA) is 51.2 Å². The van der Waals surface area contributed by atoms with Gasteiger partial charge in [0.1, 0.15) is 6.04 Å². The van der Waals surface area contributed by atoms with E-state index in [2.05, 4.69) is 10.3 Å². The van der Waals surface area contributed by atoms with E-state index in [1.165, 1.54) is 11.8 Å². The van der Waals surface area contributed by atoms with E-state index in [9.17, 15) is 18.0 Å². The van der Waals surface area contributed by atoms with Crippen LogP contribution in [-0.2, 0) is 11.3 Å². The maximum Gasteiger partial charge on any atom is 0.403 e. The average Bonchev–Trinajstić information content (AvgIpc) is 2.72. The Morgan fingerprint density at radius 2 is 1.83 bits per heavy atom. The number of nitrogens with one attached hydrogen (secondary N) is 1. The van der Waals surface area contributed by atoms with Crippen molar-refractivity contribution in [3.63, 3.8) is 0 Å². The van der Waals surface area contributed by atoms with E-state index in [0.717, 1.165) is 5.56 Å². The minimum atomic E-state index is -4.22. The van der Waals surface area contributed by atoms with Gasteiger partial charge in [0.15, 0.2) is 5.96 Å². The number of alkyl halides is 3. The number of hydrogen-bond acceptors (Lipinski definition) is 3. The summed E-state index contributed by atoms with van der Waals surface area (Å²) in [7, 11) is 1.77. The van der Waals surface area contributed by atoms with E-state index < -0.39 is 12.2 Å². The normalized spacial score (nSPS) is 17.0. The standard InChI is InChI=1S/C21H32F3N5O/c1-4-25-20(29-14-12-28(13-15-29)17(2)21(22,23)24)26-11-10-19(30)27(3)16-18-8-6-5-7-9-18/h5-9,17H,4,10-16H2,1-3H3,(H,25,26). The molecule has 2 rings (SSSR count). The van der Waals surface area contributed by atoms with Crippen LogP contribution in [0.25, 0.3) is 0 Å². The molecule has 1 fully saturated rings. The van der Waals surface area contributed by atoms with Crippen LogP contribution in [0.1, 0.15) is 25.8 Å². The lowest BCUT2D eigenvalue weighted by atomic mass is 10.2. The summed E-state index contributed by atoms with van der Waals surface area (Å²) < 4.78 is 38.8. The summed E-state index contributed by atoms with van der Waals surface area (Å²) in [6.45, 7) is 6.25. The molecular formula is C21H32F3N5O. The van der Waals surface area contributed by atoms with Gasteiger partial charge in [0.05, 0.1) is 6.54 Å². The third kappa shape index (κ3) is 7.19. The van der Waals surface area contributed by atoms with Crippen molar-refractivity contribution >= 4 is 11.9 Å². The zero-order valence-electron chi connectivity index (χ0n) is 18.0. The van der Waals surface area contributed by atoms with Crippen molar-refractivity contribution in [2.24, 2.45) is 4.99 Å². The summed E-state index contributed by atoms with van der Waals surface area (Å²) in [4.78, 5) is 22.0. The number of rotatable bonds is 7. The first-order valence-corrected chi connectivity index (χ1v) is 10.3. The number of piperazine rings is 1. The molecule has 1 heterocycles. The van der Waals surface area contributed by atoms with Crippen LogP contribution in [0.2, 0.25) is 0 Å². The van der Waals surface area contributed by atoms with Gasteiger partial charge in [0.2, 0.25) is 5.91 Å². The van der Waals surface area contributed by atoms with Crippen LogP contribution in [-0.4, -0.2) is 85.1 Å². The molecule has 1 atom stereocenters. The molecular weight excluding hydrogens is 395 g/mol. The maximum atomic E-state index is 12.9. The van der Waals surface area contributed by atoms with Crippen LogP contribution in [0, 0.1) is 0 Å². The Morgan fingerprint density at radius 1 is 1.20 bits per heavy atom. The highest BCUT2D eigenvalue weighted by Gasteiger charge is 2.41. The molecule has 0 aliphatic carbocycles. The molecule has 0 spiro atoms. The van der Waals surface area contributed by atoms with Crippen molar-refractivity contribution < 1.29 is 18.0 Å². The summed E-state index contributed by atoms with van der Waals surface area (Å²) in [6, 6.07) is 8.32. The Balaban J connectivity index is 1.85. The number of benzene rings is 1. The van der Waals surface area contributed by atoms with Gasteiger partial charge < -0.3 is 15.1 Å². The average molecular weight is 428 g/mol. The minimum Gasteiger partial charge on any atom is -0.357 e. The Kier molecular flexibility index (Phi) is 8.95. The van der Waals surface area contributed by atoms with E-state index in [-0.39, 0.29) is 12.3 Å². The summed E-state index contributed by atoms with van der Waals surface area (Å²) in [6.07, 6.45) is -3.93. The molecule has 0 radical (unpaired) electrons. The van der Waals surface area contributed by atoms with Crippen molar-refractivity contribution in [2.75, 3.05) is 46.3 Å². The number of aliphatic imine (C=N–C) groups is 1. The number of halogens is 3. The van der Waals surface area contributed by atoms with E-state index in [1.807, 2.05) is 42.2 Å². The fourth-order valence-electron chi connectivity index (χ4n) is 3.35. The molecule has 0 aromatic heterocycles. The zero-order chi connectivity index (χ0) is 22.1. The van der Waals surface area contributed by atoms with Crippen LogP contribution >= 0.6 is 0 Å². The zero-order valence-corrected chi connectivity index (χ0v) is 18.0. The molecule has 0 bridgehead atoms. The summed E-state index contributed by atoms with van der Waals surface area (Å²) >= 11 is 0. The van der Waals surface area contributed by atoms with Gasteiger partial charge in [0.25, 0.3) is 0 Å². The Hall–Kier alpha value is -2.29. The SMILES string of the molecule is CCNC(=NCCC(=O)N(C)Cc1ccccc1)N1CCN(C(C)C(F)(F)F)CC1. The van der Waals surface area contributed by atoms with Gasteiger partial charge in [-0.1, -0.05) is 30.3 Å². The Labute approximate surface area is 176 Å². The fraction of sp³-hybridized carbons (Fsp3) is 0.619. The first kappa shape index (κ1) is 24.0. The predicted octanol–water partition coefficient (Wildman–Crippen LogP) is 2.57. The molecule has 0 saturated carbocycles. The van der Waals surface area contributed by atoms with Gasteiger partial charge in [0, 0.05) is 52.7 Å². The predicted molar refractivity (Wildman–Crippen MR) is 112 cm³/mol. The Morgan fingerprint density at radius 3 is 2.40 bits per heavy atom. The lowest BCUT2D eigenvalue weighted by Gasteiger charge is -2.39. The number of nitrogens with zero attached hydrogens (tertiary/aromatic N) is 4. The highest BCUT2D eigenvalue weighted by Crippen LogP contribution is 2.25. The molecule has 30 heavy (non-hydrogen) atoms. The Bertz CT molecular complexity index is 688. The van der Waals surface area contributed by atoms with Crippen molar-refractivity contribution in [3.8, 4) is 0 Å². The molecule has 1 saturated heterocycles. The second-order valence-corrected chi connectivity index (χ2v) is 7.46. The molecule has 1 amide bonds. The van der Waals surface area contributed by atoms with Crippen LogP contribution in [0.3, 0.4) is 0 Å². The monoisotopic (exact) mass is 427 g/mol. The molecule has 6 nitrogen and oxygen atoms in total. The van der Waals surface area contributed by atoms with E-state index >= 15 is 0 Å². The quantitative estimate of drug-likeness (QED) is 0.537. The highest BCUT2D eigenvalue weighted by atomic mass is 19.4. The molecule has 1 aromatic rings. The highest BCUT2D eigenvalue weighted by molar-refractivity contribution is 5.81. The van der Waals surface area contributed by atoms with Crippen molar-refractivity contribution in [2.45, 2.75) is 39.0 Å². The number of amides is 1. The van der Waals surface area contributed by atoms with Gasteiger partial charge in [-0.05, 0) is 19.4 Å². The summed E-state index contributed by atoms with van der Waals surface area (Å²) in [5.41, 5.74) is 1.07. The third-order valence-electron chi connectivity index (χ3n) is 5.25. The molecule has 1 N–H and O–H groups in total. The number of carbonyl (C=O) groups is 1. The summed E-state index contributed by atoms with van der Waals surface area (Å²) in [5.74, 6) is 0.651. The van der Waals surface area contributed by atoms with Crippen LogP contribution < -0.4 is 5.32 Å². The van der Waals surface area contributed by atoms with Crippen LogP contribution in [0.4, 0.5) is 13.2 Å². The van der Waals surface area contributed by atoms with Crippen molar-refractivity contribution in [3.05, 3.63) is 35.9 Å². The summed E-state index contributed by atoms with van der Waals surface area (Å²) in [5, 5.41) is 3.18. The molecule has 1 aliphatic heterocycles. The molecule has 1 aliphatic rings. The van der Waals surface area contributed by atoms with E-state index in [1.54, 1.807) is 11.9 Å². The smallest absolute Gasteiger partial charge is 0.357 e. The molecule has 9 heteroatoms. The van der Waals surface area contributed by atoms with Gasteiger partial charge in [-0.25, -0.2) is 0 Å². The number of hydrogen-bond donors (Lipinski definition) is 1. The second kappa shape index (κ2) is 11.2. The van der Waals surface area contributed by atoms with Crippen molar-refractivity contribution in [1.82, 2.24) is 20.0 Å². The largest absolute Gasteiger partial charge is 0.403 e. The lowest BCUT2D eigenvalue weighted by molar-refractivity contribution is -0.181. The van der Waals surface area contributed by atoms with Gasteiger partial charge in [-0.15, -0.1) is 0 Å². The fourth-order valence-corrected chi connectivity index (χ4v) is 3.35. The van der Waals surface area contributed by atoms with Gasteiger partial charge in [-0.2, -0.15) is 13.2 Å². The van der Waals surface area contributed by atoms with Crippen LogP contribution in [0.5, 0.6) is 0 Å². The van der Waals surface area contributed by atoms with E-state index in [4.69, 9.17) is 0 Å². The van der Waals surface area contributed by atoms with Crippen molar-refractivity contribution in [1.29, 1.82) is 0 Å². The molecule has 1 aromatic carbocycles. The van der Waals surface area contributed by atoms with E-state index in [0.29, 0.717) is 51.8 Å². The first-order valence-electron chi connectivity index (χ1n) is 10.3. The van der Waals surface area contributed by atoms with Gasteiger partial charge in [-0.3, -0.25) is 14.7 Å². The third-order valence-corrected chi connectivity index (χ3v) is 5.25. The number of carbonyl (C=O) groups excluding carboxylic acids is 1. The number of guanidine groups is 1. The lowest BCUT2D eigenvalue weighted by Crippen LogP contribution is -2.56. The van der Waals surface area contributed by atoms with Gasteiger partial charge >= 0.3 is 6.18 Å². The van der Waals surface area contributed by atoms with Crippen LogP contribution in [0.15, 0.2) is 35.3 Å².